The Balaban J connectivity index is 2.58. The summed E-state index contributed by atoms with van der Waals surface area (Å²) in [6.07, 6.45) is 0. The minimum Gasteiger partial charge on any atom is -0.355 e. The second kappa shape index (κ2) is 7.25. The molecule has 1 aromatic carbocycles. The highest BCUT2D eigenvalue weighted by atomic mass is 16.2. The molecule has 2 N–H and O–H groups in total. The van der Waals surface area contributed by atoms with Crippen LogP contribution in [0.1, 0.15) is 38.8 Å². The van der Waals surface area contributed by atoms with Crippen molar-refractivity contribution < 1.29 is 9.59 Å². The standard InChI is InChI=1S/C17H26N2O2/c1-12(2)10-18-15(20)17(4,5)16(21)19-11-14-8-6-7-13(3)9-14/h6-9,12H,10-11H2,1-5H3,(H,18,20)(H,19,21). The lowest BCUT2D eigenvalue weighted by Gasteiger charge is -2.23. The molecule has 1 aromatic rings. The first-order valence-electron chi connectivity index (χ1n) is 7.35. The van der Waals surface area contributed by atoms with Gasteiger partial charge in [0.1, 0.15) is 5.41 Å². The molecular weight excluding hydrogens is 264 g/mol. The maximum atomic E-state index is 12.2. The van der Waals surface area contributed by atoms with Gasteiger partial charge in [-0.2, -0.15) is 0 Å². The van der Waals surface area contributed by atoms with Gasteiger partial charge >= 0.3 is 0 Å². The molecule has 4 heteroatoms. The minimum atomic E-state index is -1.07. The Kier molecular flexibility index (Phi) is 5.94. The van der Waals surface area contributed by atoms with Gasteiger partial charge in [-0.1, -0.05) is 43.7 Å². The molecule has 0 aromatic heterocycles. The van der Waals surface area contributed by atoms with Crippen LogP contribution >= 0.6 is 0 Å². The second-order valence-corrected chi connectivity index (χ2v) is 6.40. The Morgan fingerprint density at radius 2 is 1.76 bits per heavy atom. The number of amides is 2. The Morgan fingerprint density at radius 3 is 2.33 bits per heavy atom. The van der Waals surface area contributed by atoms with E-state index in [0.717, 1.165) is 11.1 Å². The summed E-state index contributed by atoms with van der Waals surface area (Å²) in [6.45, 7) is 10.3. The molecular formula is C17H26N2O2. The number of hydrogen-bond donors (Lipinski definition) is 2. The fourth-order valence-electron chi connectivity index (χ4n) is 1.85. The van der Waals surface area contributed by atoms with Crippen LogP contribution in [0, 0.1) is 18.3 Å². The van der Waals surface area contributed by atoms with E-state index in [-0.39, 0.29) is 11.8 Å². The highest BCUT2D eigenvalue weighted by Gasteiger charge is 2.35. The zero-order valence-corrected chi connectivity index (χ0v) is 13.6. The summed E-state index contributed by atoms with van der Waals surface area (Å²) in [4.78, 5) is 24.3. The summed E-state index contributed by atoms with van der Waals surface area (Å²) in [7, 11) is 0. The summed E-state index contributed by atoms with van der Waals surface area (Å²) in [6, 6.07) is 7.94. The number of nitrogens with one attached hydrogen (secondary N) is 2. The average molecular weight is 290 g/mol. The summed E-state index contributed by atoms with van der Waals surface area (Å²) in [5, 5.41) is 5.65. The lowest BCUT2D eigenvalue weighted by Crippen LogP contribution is -2.48. The quantitative estimate of drug-likeness (QED) is 0.790. The van der Waals surface area contributed by atoms with Crippen molar-refractivity contribution in [2.75, 3.05) is 6.54 Å². The number of hydrogen-bond acceptors (Lipinski definition) is 2. The fourth-order valence-corrected chi connectivity index (χ4v) is 1.85. The maximum Gasteiger partial charge on any atom is 0.235 e. The summed E-state index contributed by atoms with van der Waals surface area (Å²) >= 11 is 0. The Morgan fingerprint density at radius 1 is 1.14 bits per heavy atom. The summed E-state index contributed by atoms with van der Waals surface area (Å²) in [5.41, 5.74) is 1.11. The minimum absolute atomic E-state index is 0.238. The zero-order chi connectivity index (χ0) is 16.0. The molecule has 4 nitrogen and oxygen atoms in total. The molecule has 0 saturated heterocycles. The van der Waals surface area contributed by atoms with Crippen molar-refractivity contribution in [2.24, 2.45) is 11.3 Å². The summed E-state index contributed by atoms with van der Waals surface area (Å²) in [5.74, 6) is -0.136. The smallest absolute Gasteiger partial charge is 0.235 e. The van der Waals surface area contributed by atoms with Crippen LogP contribution in [0.3, 0.4) is 0 Å². The van der Waals surface area contributed by atoms with Gasteiger partial charge in [0.05, 0.1) is 0 Å². The van der Waals surface area contributed by atoms with Crippen LogP contribution in [0.25, 0.3) is 0 Å². The van der Waals surface area contributed by atoms with Gasteiger partial charge in [-0.3, -0.25) is 9.59 Å². The fraction of sp³-hybridized carbons (Fsp3) is 0.529. The van der Waals surface area contributed by atoms with Crippen LogP contribution in [0.4, 0.5) is 0 Å². The molecule has 0 aliphatic heterocycles. The van der Waals surface area contributed by atoms with Gasteiger partial charge in [0, 0.05) is 13.1 Å². The third-order valence-electron chi connectivity index (χ3n) is 3.34. The Bertz CT molecular complexity index is 507. The number of carbonyl (C=O) groups is 2. The highest BCUT2D eigenvalue weighted by molar-refractivity contribution is 6.04. The average Bonchev–Trinajstić information content (AvgIpc) is 2.41. The normalized spacial score (nSPS) is 11.3. The predicted molar refractivity (Wildman–Crippen MR) is 84.7 cm³/mol. The van der Waals surface area contributed by atoms with Crippen LogP contribution in [0.5, 0.6) is 0 Å². The van der Waals surface area contributed by atoms with Gasteiger partial charge in [0.2, 0.25) is 11.8 Å². The SMILES string of the molecule is Cc1cccc(CNC(=O)C(C)(C)C(=O)NCC(C)C)c1. The molecule has 0 radical (unpaired) electrons. The van der Waals surface area contributed by atoms with Crippen LogP contribution in [-0.2, 0) is 16.1 Å². The van der Waals surface area contributed by atoms with Crippen molar-refractivity contribution in [1.29, 1.82) is 0 Å². The van der Waals surface area contributed by atoms with Crippen molar-refractivity contribution in [3.05, 3.63) is 35.4 Å². The number of benzene rings is 1. The first-order chi connectivity index (χ1) is 9.73. The first kappa shape index (κ1) is 17.2. The van der Waals surface area contributed by atoms with Gasteiger partial charge < -0.3 is 10.6 Å². The van der Waals surface area contributed by atoms with Gasteiger partial charge in [-0.25, -0.2) is 0 Å². The maximum absolute atomic E-state index is 12.2. The van der Waals surface area contributed by atoms with E-state index in [0.29, 0.717) is 19.0 Å². The molecule has 2 amide bonds. The van der Waals surface area contributed by atoms with E-state index in [4.69, 9.17) is 0 Å². The van der Waals surface area contributed by atoms with E-state index in [1.807, 2.05) is 45.0 Å². The van der Waals surface area contributed by atoms with Crippen molar-refractivity contribution >= 4 is 11.8 Å². The van der Waals surface area contributed by atoms with Gasteiger partial charge in [0.25, 0.3) is 0 Å². The molecule has 0 atom stereocenters. The molecule has 116 valence electrons. The molecule has 0 heterocycles. The van der Waals surface area contributed by atoms with Crippen molar-refractivity contribution in [3.8, 4) is 0 Å². The van der Waals surface area contributed by atoms with E-state index in [2.05, 4.69) is 10.6 Å². The van der Waals surface area contributed by atoms with Gasteiger partial charge in [-0.15, -0.1) is 0 Å². The van der Waals surface area contributed by atoms with Crippen LogP contribution in [-0.4, -0.2) is 18.4 Å². The van der Waals surface area contributed by atoms with Crippen LogP contribution in [0.2, 0.25) is 0 Å². The molecule has 0 fully saturated rings. The molecule has 0 bridgehead atoms. The largest absolute Gasteiger partial charge is 0.355 e. The Hall–Kier alpha value is -1.84. The molecule has 0 saturated carbocycles. The Labute approximate surface area is 127 Å². The first-order valence-corrected chi connectivity index (χ1v) is 7.35. The van der Waals surface area contributed by atoms with Gasteiger partial charge in [0.15, 0.2) is 0 Å². The van der Waals surface area contributed by atoms with E-state index in [1.54, 1.807) is 13.8 Å². The molecule has 0 aliphatic rings. The highest BCUT2D eigenvalue weighted by Crippen LogP contribution is 2.16. The number of carbonyl (C=O) groups excluding carboxylic acids is 2. The monoisotopic (exact) mass is 290 g/mol. The van der Waals surface area contributed by atoms with Crippen molar-refractivity contribution in [3.63, 3.8) is 0 Å². The molecule has 21 heavy (non-hydrogen) atoms. The second-order valence-electron chi connectivity index (χ2n) is 6.40. The molecule has 0 unspecified atom stereocenters. The van der Waals surface area contributed by atoms with Crippen molar-refractivity contribution in [2.45, 2.75) is 41.2 Å². The van der Waals surface area contributed by atoms with E-state index in [9.17, 15) is 9.59 Å². The molecule has 1 rings (SSSR count). The third kappa shape index (κ3) is 5.21. The molecule has 0 spiro atoms. The van der Waals surface area contributed by atoms with E-state index < -0.39 is 5.41 Å². The van der Waals surface area contributed by atoms with Crippen LogP contribution < -0.4 is 10.6 Å². The van der Waals surface area contributed by atoms with Gasteiger partial charge in [-0.05, 0) is 32.3 Å². The number of aryl methyl sites for hydroxylation is 1. The predicted octanol–water partition coefficient (Wildman–Crippen LogP) is 2.41. The number of rotatable bonds is 6. The van der Waals surface area contributed by atoms with Crippen molar-refractivity contribution in [1.82, 2.24) is 10.6 Å². The topological polar surface area (TPSA) is 58.2 Å². The molecule has 0 aliphatic carbocycles. The van der Waals surface area contributed by atoms with E-state index >= 15 is 0 Å². The van der Waals surface area contributed by atoms with Crippen LogP contribution in [0.15, 0.2) is 24.3 Å². The summed E-state index contributed by atoms with van der Waals surface area (Å²) < 4.78 is 0. The van der Waals surface area contributed by atoms with E-state index in [1.165, 1.54) is 0 Å². The lowest BCUT2D eigenvalue weighted by atomic mass is 9.90. The third-order valence-corrected chi connectivity index (χ3v) is 3.34. The zero-order valence-electron chi connectivity index (χ0n) is 13.6. The lowest BCUT2D eigenvalue weighted by molar-refractivity contribution is -0.141.